The third kappa shape index (κ3) is 3.27. The van der Waals surface area contributed by atoms with Gasteiger partial charge in [0.15, 0.2) is 0 Å². The lowest BCUT2D eigenvalue weighted by Gasteiger charge is -2.28. The van der Waals surface area contributed by atoms with Crippen LogP contribution in [0.4, 0.5) is 0 Å². The van der Waals surface area contributed by atoms with E-state index in [1.807, 2.05) is 13.8 Å². The quantitative estimate of drug-likeness (QED) is 0.642. The van der Waals surface area contributed by atoms with Crippen LogP contribution in [0, 0.1) is 11.3 Å². The summed E-state index contributed by atoms with van der Waals surface area (Å²) in [4.78, 5) is 11.6. The molecule has 0 atom stereocenters. The van der Waals surface area contributed by atoms with Gasteiger partial charge in [0.2, 0.25) is 0 Å². The largest absolute Gasteiger partial charge is 0.457 e. The average molecular weight is 204 g/mol. The van der Waals surface area contributed by atoms with Gasteiger partial charge in [0.05, 0.1) is 18.6 Å². The van der Waals surface area contributed by atoms with Crippen LogP contribution in [0.15, 0.2) is 0 Å². The summed E-state index contributed by atoms with van der Waals surface area (Å²) in [5.74, 6) is -0.242. The molecule has 4 nitrogen and oxygen atoms in total. The SMILES string of the molecule is CC(C)C(C)(C)C(=O)OC(CO)CO. The van der Waals surface area contributed by atoms with Crippen LogP contribution >= 0.6 is 0 Å². The minimum Gasteiger partial charge on any atom is -0.457 e. The van der Waals surface area contributed by atoms with E-state index >= 15 is 0 Å². The summed E-state index contributed by atoms with van der Waals surface area (Å²) in [7, 11) is 0. The summed E-state index contributed by atoms with van der Waals surface area (Å²) < 4.78 is 4.94. The van der Waals surface area contributed by atoms with E-state index in [9.17, 15) is 4.79 Å². The van der Waals surface area contributed by atoms with Gasteiger partial charge in [0.1, 0.15) is 6.10 Å². The van der Waals surface area contributed by atoms with Gasteiger partial charge in [0.25, 0.3) is 0 Å². The van der Waals surface area contributed by atoms with Gasteiger partial charge in [-0.25, -0.2) is 0 Å². The zero-order chi connectivity index (χ0) is 11.4. The summed E-state index contributed by atoms with van der Waals surface area (Å²) in [5.41, 5.74) is -0.595. The number of ether oxygens (including phenoxy) is 1. The van der Waals surface area contributed by atoms with E-state index in [0.717, 1.165) is 0 Å². The van der Waals surface area contributed by atoms with Crippen LogP contribution in [0.2, 0.25) is 0 Å². The van der Waals surface area contributed by atoms with Crippen LogP contribution in [0.3, 0.4) is 0 Å². The highest BCUT2D eigenvalue weighted by Crippen LogP contribution is 2.27. The van der Waals surface area contributed by atoms with Gasteiger partial charge in [-0.05, 0) is 19.8 Å². The minimum atomic E-state index is -0.805. The minimum absolute atomic E-state index is 0.146. The Morgan fingerprint density at radius 1 is 1.29 bits per heavy atom. The standard InChI is InChI=1S/C10H20O4/c1-7(2)10(3,4)9(13)14-8(5-11)6-12/h7-8,11-12H,5-6H2,1-4H3. The van der Waals surface area contributed by atoms with Crippen molar-refractivity contribution in [3.8, 4) is 0 Å². The number of carbonyl (C=O) groups is 1. The summed E-state index contributed by atoms with van der Waals surface area (Å²) in [6.45, 7) is 6.72. The Morgan fingerprint density at radius 3 is 2.00 bits per heavy atom. The molecule has 0 amide bonds. The predicted octanol–water partition coefficient (Wildman–Crippen LogP) is 0.565. The maximum atomic E-state index is 11.6. The number of aliphatic hydroxyl groups excluding tert-OH is 2. The van der Waals surface area contributed by atoms with Gasteiger partial charge in [-0.15, -0.1) is 0 Å². The Labute approximate surface area is 84.9 Å². The van der Waals surface area contributed by atoms with Crippen LogP contribution in [0.1, 0.15) is 27.7 Å². The van der Waals surface area contributed by atoms with Gasteiger partial charge in [0, 0.05) is 0 Å². The molecule has 0 fully saturated rings. The third-order valence-corrected chi connectivity index (χ3v) is 2.65. The van der Waals surface area contributed by atoms with Crippen LogP contribution in [-0.4, -0.2) is 35.5 Å². The number of hydrogen-bond acceptors (Lipinski definition) is 4. The molecule has 0 spiro atoms. The molecule has 0 saturated heterocycles. The molecule has 84 valence electrons. The van der Waals surface area contributed by atoms with Crippen molar-refractivity contribution in [1.82, 2.24) is 0 Å². The first-order valence-corrected chi connectivity index (χ1v) is 4.79. The summed E-state index contributed by atoms with van der Waals surface area (Å²) >= 11 is 0. The van der Waals surface area contributed by atoms with Gasteiger partial charge in [-0.2, -0.15) is 0 Å². The van der Waals surface area contributed by atoms with Crippen molar-refractivity contribution in [2.75, 3.05) is 13.2 Å². The van der Waals surface area contributed by atoms with Gasteiger partial charge >= 0.3 is 5.97 Å². The molecule has 0 aliphatic heterocycles. The van der Waals surface area contributed by atoms with Gasteiger partial charge < -0.3 is 14.9 Å². The Morgan fingerprint density at radius 2 is 1.71 bits per heavy atom. The molecule has 0 radical (unpaired) electrons. The molecule has 0 heterocycles. The van der Waals surface area contributed by atoms with Crippen molar-refractivity contribution < 1.29 is 19.7 Å². The number of hydrogen-bond donors (Lipinski definition) is 2. The second-order valence-corrected chi connectivity index (χ2v) is 4.27. The van der Waals surface area contributed by atoms with Crippen LogP contribution in [-0.2, 0) is 9.53 Å². The van der Waals surface area contributed by atoms with E-state index in [1.165, 1.54) is 0 Å². The zero-order valence-corrected chi connectivity index (χ0v) is 9.28. The summed E-state index contributed by atoms with van der Waals surface area (Å²) in [6, 6.07) is 0. The molecule has 0 bridgehead atoms. The van der Waals surface area contributed by atoms with Crippen molar-refractivity contribution in [2.24, 2.45) is 11.3 Å². The molecular weight excluding hydrogens is 184 g/mol. The fourth-order valence-corrected chi connectivity index (χ4v) is 0.671. The van der Waals surface area contributed by atoms with Crippen LogP contribution < -0.4 is 0 Å². The Balaban J connectivity index is 4.33. The lowest BCUT2D eigenvalue weighted by molar-refractivity contribution is -0.166. The van der Waals surface area contributed by atoms with Crippen molar-refractivity contribution >= 4 is 5.97 Å². The highest BCUT2D eigenvalue weighted by Gasteiger charge is 2.34. The normalized spacial score (nSPS) is 12.3. The highest BCUT2D eigenvalue weighted by molar-refractivity contribution is 5.76. The molecule has 2 N–H and O–H groups in total. The maximum Gasteiger partial charge on any atom is 0.312 e. The second-order valence-electron chi connectivity index (χ2n) is 4.27. The smallest absolute Gasteiger partial charge is 0.312 e. The van der Waals surface area contributed by atoms with Crippen LogP contribution in [0.25, 0.3) is 0 Å². The topological polar surface area (TPSA) is 66.8 Å². The average Bonchev–Trinajstić information content (AvgIpc) is 2.13. The number of carbonyl (C=O) groups excluding carboxylic acids is 1. The van der Waals surface area contributed by atoms with Crippen molar-refractivity contribution in [2.45, 2.75) is 33.8 Å². The van der Waals surface area contributed by atoms with E-state index in [0.29, 0.717) is 0 Å². The van der Waals surface area contributed by atoms with Gasteiger partial charge in [-0.3, -0.25) is 4.79 Å². The van der Waals surface area contributed by atoms with E-state index in [-0.39, 0.29) is 25.1 Å². The Kier molecular flexibility index (Phi) is 5.08. The van der Waals surface area contributed by atoms with Crippen molar-refractivity contribution in [1.29, 1.82) is 0 Å². The highest BCUT2D eigenvalue weighted by atomic mass is 16.6. The molecule has 0 aliphatic rings. The molecular formula is C10H20O4. The summed E-state index contributed by atoms with van der Waals surface area (Å²) in [6.07, 6.45) is -0.805. The predicted molar refractivity (Wildman–Crippen MR) is 52.7 cm³/mol. The van der Waals surface area contributed by atoms with E-state index in [1.54, 1.807) is 13.8 Å². The lowest BCUT2D eigenvalue weighted by Crippen LogP contribution is -2.36. The zero-order valence-electron chi connectivity index (χ0n) is 9.28. The fourth-order valence-electron chi connectivity index (χ4n) is 0.671. The monoisotopic (exact) mass is 204 g/mol. The van der Waals surface area contributed by atoms with E-state index in [2.05, 4.69) is 0 Å². The van der Waals surface area contributed by atoms with Crippen molar-refractivity contribution in [3.63, 3.8) is 0 Å². The molecule has 0 unspecified atom stereocenters. The first kappa shape index (κ1) is 13.4. The second kappa shape index (κ2) is 5.32. The van der Waals surface area contributed by atoms with E-state index < -0.39 is 11.5 Å². The van der Waals surface area contributed by atoms with Crippen LogP contribution in [0.5, 0.6) is 0 Å². The van der Waals surface area contributed by atoms with E-state index in [4.69, 9.17) is 14.9 Å². The maximum absolute atomic E-state index is 11.6. The Bertz CT molecular complexity index is 183. The first-order chi connectivity index (χ1) is 6.36. The van der Waals surface area contributed by atoms with Gasteiger partial charge in [-0.1, -0.05) is 13.8 Å². The molecule has 0 aliphatic carbocycles. The Hall–Kier alpha value is -0.610. The molecule has 0 rings (SSSR count). The fraction of sp³-hybridized carbons (Fsp3) is 0.900. The molecule has 14 heavy (non-hydrogen) atoms. The van der Waals surface area contributed by atoms with Crippen molar-refractivity contribution in [3.05, 3.63) is 0 Å². The molecule has 0 aromatic rings. The number of rotatable bonds is 5. The number of aliphatic hydroxyl groups is 2. The first-order valence-electron chi connectivity index (χ1n) is 4.79. The molecule has 4 heteroatoms. The molecule has 0 saturated carbocycles. The third-order valence-electron chi connectivity index (χ3n) is 2.65. The molecule has 0 aromatic heterocycles. The summed E-state index contributed by atoms with van der Waals surface area (Å²) in [5, 5.41) is 17.5. The molecule has 0 aromatic carbocycles. The lowest BCUT2D eigenvalue weighted by atomic mass is 9.81. The number of esters is 1.